The molecule has 1 fully saturated rings. The summed E-state index contributed by atoms with van der Waals surface area (Å²) in [5.41, 5.74) is 3.47. The molecule has 0 aliphatic carbocycles. The molecule has 0 radical (unpaired) electrons. The fourth-order valence-electron chi connectivity index (χ4n) is 5.20. The number of carbonyl (C=O) groups is 1. The SMILES string of the molecule is Cc1ccc(NC(=O)NCCCN(C[C@H]2O[C@@H](n3cnc4c(NCc5cccc(F)c5)ncnc43)[C@H](O)[C@@H]2O)C(C)C)cc1. The molecule has 0 saturated carbocycles. The van der Waals surface area contributed by atoms with Crippen molar-refractivity contribution in [3.63, 3.8) is 0 Å². The molecule has 2 aromatic heterocycles. The number of carbonyl (C=O) groups excluding carboxylic acids is 1. The average Bonchev–Trinajstić information content (AvgIpc) is 3.55. The van der Waals surface area contributed by atoms with Gasteiger partial charge >= 0.3 is 6.03 Å². The number of rotatable bonds is 12. The highest BCUT2D eigenvalue weighted by molar-refractivity contribution is 5.89. The zero-order valence-corrected chi connectivity index (χ0v) is 25.0. The van der Waals surface area contributed by atoms with Gasteiger partial charge in [-0.2, -0.15) is 0 Å². The number of urea groups is 1. The minimum Gasteiger partial charge on any atom is -0.387 e. The fourth-order valence-corrected chi connectivity index (χ4v) is 5.20. The van der Waals surface area contributed by atoms with E-state index in [1.54, 1.807) is 16.7 Å². The molecule has 4 atom stereocenters. The summed E-state index contributed by atoms with van der Waals surface area (Å²) in [6.07, 6.45) is -0.362. The second-order valence-corrected chi connectivity index (χ2v) is 11.3. The van der Waals surface area contributed by atoms with Crippen molar-refractivity contribution in [2.45, 2.75) is 64.3 Å². The molecule has 0 unspecified atom stereocenters. The molecule has 4 aromatic rings. The first-order valence-corrected chi connectivity index (χ1v) is 14.7. The van der Waals surface area contributed by atoms with Gasteiger partial charge in [0.1, 0.15) is 30.5 Å². The number of hydrogen-bond acceptors (Lipinski definition) is 9. The quantitative estimate of drug-likeness (QED) is 0.153. The topological polar surface area (TPSA) is 150 Å². The van der Waals surface area contributed by atoms with Crippen molar-refractivity contribution in [3.8, 4) is 0 Å². The lowest BCUT2D eigenvalue weighted by Crippen LogP contribution is -2.44. The van der Waals surface area contributed by atoms with Crippen molar-refractivity contribution in [1.29, 1.82) is 0 Å². The van der Waals surface area contributed by atoms with E-state index in [4.69, 9.17) is 4.74 Å². The Labute approximate surface area is 255 Å². The summed E-state index contributed by atoms with van der Waals surface area (Å²) < 4.78 is 21.4. The van der Waals surface area contributed by atoms with E-state index in [-0.39, 0.29) is 17.9 Å². The van der Waals surface area contributed by atoms with Crippen LogP contribution in [0.3, 0.4) is 0 Å². The summed E-state index contributed by atoms with van der Waals surface area (Å²) in [6, 6.07) is 13.7. The van der Waals surface area contributed by atoms with Crippen LogP contribution in [0, 0.1) is 12.7 Å². The lowest BCUT2D eigenvalue weighted by atomic mass is 10.1. The van der Waals surface area contributed by atoms with E-state index in [1.165, 1.54) is 24.8 Å². The first-order chi connectivity index (χ1) is 21.2. The largest absolute Gasteiger partial charge is 0.387 e. The standard InChI is InChI=1S/C31H39FN8O4/c1-19(2)39(13-5-12-33-31(43)38-23-10-8-20(3)9-11-23)16-24-26(41)27(42)30(44-24)40-18-37-25-28(35-17-36-29(25)40)34-15-21-6-4-7-22(32)14-21/h4,6-11,14,17-19,24,26-27,30,41-42H,5,12-13,15-16H2,1-3H3,(H2,33,38,43)(H,34,35,36)/t24-,26-,27-,30-/m1/s1. The van der Waals surface area contributed by atoms with Gasteiger partial charge in [-0.15, -0.1) is 0 Å². The molecule has 44 heavy (non-hydrogen) atoms. The Morgan fingerprint density at radius 1 is 1.11 bits per heavy atom. The molecule has 2 amide bonds. The van der Waals surface area contributed by atoms with Gasteiger partial charge in [-0.05, 0) is 57.0 Å². The predicted octanol–water partition coefficient (Wildman–Crippen LogP) is 3.43. The van der Waals surface area contributed by atoms with Crippen molar-refractivity contribution in [3.05, 3.63) is 78.1 Å². The normalized spacial score (nSPS) is 20.0. The lowest BCUT2D eigenvalue weighted by molar-refractivity contribution is -0.0468. The molecular formula is C31H39FN8O4. The zero-order chi connectivity index (χ0) is 31.2. The number of aromatic nitrogens is 4. The smallest absolute Gasteiger partial charge is 0.319 e. The highest BCUT2D eigenvalue weighted by atomic mass is 19.1. The summed E-state index contributed by atoms with van der Waals surface area (Å²) in [4.78, 5) is 27.5. The summed E-state index contributed by atoms with van der Waals surface area (Å²) in [5, 5.41) is 30.8. The highest BCUT2D eigenvalue weighted by Crippen LogP contribution is 2.33. The lowest BCUT2D eigenvalue weighted by Gasteiger charge is -2.30. The van der Waals surface area contributed by atoms with Crippen LogP contribution < -0.4 is 16.0 Å². The second-order valence-electron chi connectivity index (χ2n) is 11.3. The van der Waals surface area contributed by atoms with Crippen molar-refractivity contribution in [2.24, 2.45) is 0 Å². The Bertz CT molecular complexity index is 1550. The van der Waals surface area contributed by atoms with Gasteiger partial charge in [0.05, 0.1) is 6.33 Å². The van der Waals surface area contributed by atoms with Crippen LogP contribution in [0.4, 0.5) is 20.7 Å². The van der Waals surface area contributed by atoms with Crippen LogP contribution in [0.2, 0.25) is 0 Å². The Kier molecular flexibility index (Phi) is 10.0. The number of anilines is 2. The molecule has 2 aromatic carbocycles. The van der Waals surface area contributed by atoms with Crippen molar-refractivity contribution < 1.29 is 24.1 Å². The van der Waals surface area contributed by atoms with Gasteiger partial charge in [0.25, 0.3) is 0 Å². The molecule has 13 heteroatoms. The minimum atomic E-state index is -1.21. The maximum Gasteiger partial charge on any atom is 0.319 e. The van der Waals surface area contributed by atoms with E-state index < -0.39 is 24.5 Å². The van der Waals surface area contributed by atoms with E-state index in [0.717, 1.165) is 16.8 Å². The number of aliphatic hydroxyl groups excluding tert-OH is 2. The highest BCUT2D eigenvalue weighted by Gasteiger charge is 2.45. The molecule has 0 bridgehead atoms. The van der Waals surface area contributed by atoms with Gasteiger partial charge in [0, 0.05) is 37.9 Å². The third-order valence-electron chi connectivity index (χ3n) is 7.68. The molecule has 0 spiro atoms. The van der Waals surface area contributed by atoms with Gasteiger partial charge in [-0.3, -0.25) is 9.47 Å². The molecule has 3 heterocycles. The van der Waals surface area contributed by atoms with Crippen LogP contribution in [0.1, 0.15) is 37.6 Å². The van der Waals surface area contributed by atoms with Gasteiger partial charge in [-0.1, -0.05) is 29.8 Å². The molecule has 1 aliphatic rings. The number of nitrogens with zero attached hydrogens (tertiary/aromatic N) is 5. The molecule has 12 nitrogen and oxygen atoms in total. The Hall–Kier alpha value is -4.17. The van der Waals surface area contributed by atoms with Gasteiger partial charge in [0.2, 0.25) is 0 Å². The number of imidazole rings is 1. The van der Waals surface area contributed by atoms with E-state index in [2.05, 4.69) is 35.8 Å². The number of hydrogen-bond donors (Lipinski definition) is 5. The minimum absolute atomic E-state index is 0.136. The first-order valence-electron chi connectivity index (χ1n) is 14.7. The van der Waals surface area contributed by atoms with Crippen molar-refractivity contribution in [2.75, 3.05) is 30.3 Å². The van der Waals surface area contributed by atoms with Gasteiger partial charge in [-0.25, -0.2) is 24.1 Å². The van der Waals surface area contributed by atoms with Crippen LogP contribution in [-0.4, -0.2) is 84.7 Å². The number of fused-ring (bicyclic) bond motifs is 1. The summed E-state index contributed by atoms with van der Waals surface area (Å²) in [7, 11) is 0. The molecule has 1 aliphatic heterocycles. The van der Waals surface area contributed by atoms with Crippen molar-refractivity contribution >= 4 is 28.7 Å². The Morgan fingerprint density at radius 3 is 2.66 bits per heavy atom. The van der Waals surface area contributed by atoms with Crippen molar-refractivity contribution in [1.82, 2.24) is 29.7 Å². The van der Waals surface area contributed by atoms with E-state index in [1.807, 2.05) is 45.0 Å². The van der Waals surface area contributed by atoms with Crippen LogP contribution >= 0.6 is 0 Å². The monoisotopic (exact) mass is 606 g/mol. The second kappa shape index (κ2) is 14.1. The number of benzene rings is 2. The maximum atomic E-state index is 13.6. The van der Waals surface area contributed by atoms with E-state index in [9.17, 15) is 19.4 Å². The fraction of sp³-hybridized carbons (Fsp3) is 0.419. The first kappa shape index (κ1) is 31.3. The Balaban J connectivity index is 1.17. The molecule has 234 valence electrons. The summed E-state index contributed by atoms with van der Waals surface area (Å²) in [5.74, 6) is 0.130. The number of aliphatic hydroxyl groups is 2. The van der Waals surface area contributed by atoms with Crippen LogP contribution in [-0.2, 0) is 11.3 Å². The zero-order valence-electron chi connectivity index (χ0n) is 25.0. The molecular weight excluding hydrogens is 567 g/mol. The van der Waals surface area contributed by atoms with Gasteiger partial charge in [0.15, 0.2) is 23.2 Å². The Morgan fingerprint density at radius 2 is 1.91 bits per heavy atom. The predicted molar refractivity (Wildman–Crippen MR) is 164 cm³/mol. The summed E-state index contributed by atoms with van der Waals surface area (Å²) in [6.45, 7) is 7.91. The molecule has 1 saturated heterocycles. The number of aryl methyl sites for hydroxylation is 1. The number of amides is 2. The molecule has 5 rings (SSSR count). The van der Waals surface area contributed by atoms with E-state index in [0.29, 0.717) is 49.6 Å². The average molecular weight is 607 g/mol. The number of ether oxygens (including phenoxy) is 1. The summed E-state index contributed by atoms with van der Waals surface area (Å²) >= 11 is 0. The van der Waals surface area contributed by atoms with Gasteiger partial charge < -0.3 is 30.9 Å². The number of nitrogens with one attached hydrogen (secondary N) is 3. The maximum absolute atomic E-state index is 13.6. The molecule has 5 N–H and O–H groups in total. The van der Waals surface area contributed by atoms with Crippen LogP contribution in [0.5, 0.6) is 0 Å². The number of halogens is 1. The van der Waals surface area contributed by atoms with Crippen LogP contribution in [0.25, 0.3) is 11.2 Å². The van der Waals surface area contributed by atoms with E-state index >= 15 is 0 Å². The van der Waals surface area contributed by atoms with Crippen LogP contribution in [0.15, 0.2) is 61.2 Å². The third kappa shape index (κ3) is 7.48. The third-order valence-corrected chi connectivity index (χ3v) is 7.68.